The highest BCUT2D eigenvalue weighted by Crippen LogP contribution is 2.23. The minimum Gasteiger partial charge on any atom is -0.399 e. The van der Waals surface area contributed by atoms with E-state index in [9.17, 15) is 19.2 Å². The Hall–Kier alpha value is -5.20. The van der Waals surface area contributed by atoms with Crippen LogP contribution in [0.3, 0.4) is 0 Å². The van der Waals surface area contributed by atoms with Crippen LogP contribution in [0.2, 0.25) is 0 Å². The summed E-state index contributed by atoms with van der Waals surface area (Å²) in [5, 5.41) is 12.3. The van der Waals surface area contributed by atoms with E-state index < -0.39 is 17.4 Å². The molecule has 13 heteroatoms. The second-order valence-corrected chi connectivity index (χ2v) is 11.2. The molecule has 1 aromatic heterocycles. The number of amides is 2. The van der Waals surface area contributed by atoms with Crippen molar-refractivity contribution in [3.63, 3.8) is 0 Å². The lowest BCUT2D eigenvalue weighted by Crippen LogP contribution is -2.35. The fraction of sp³-hybridized carbons (Fsp3) is 0.355. The Bertz CT molecular complexity index is 1590. The molecule has 0 radical (unpaired) electrons. The number of nitrogen functional groups attached to an aromatic ring is 1. The third kappa shape index (κ3) is 9.15. The van der Waals surface area contributed by atoms with Crippen molar-refractivity contribution in [3.8, 4) is 11.3 Å². The molecule has 2 aromatic carbocycles. The van der Waals surface area contributed by atoms with Crippen LogP contribution in [0.4, 0.5) is 11.5 Å². The molecular formula is C31H40N8O5. The van der Waals surface area contributed by atoms with Crippen LogP contribution < -0.4 is 33.0 Å². The fourth-order valence-electron chi connectivity index (χ4n) is 3.97. The van der Waals surface area contributed by atoms with Crippen LogP contribution in [-0.4, -0.2) is 45.3 Å². The number of hydrogen-bond donors (Lipinski definition) is 5. The van der Waals surface area contributed by atoms with Crippen molar-refractivity contribution >= 4 is 35.1 Å². The number of aromatic nitrogens is 2. The molecular weight excluding hydrogens is 564 g/mol. The van der Waals surface area contributed by atoms with Crippen molar-refractivity contribution in [1.29, 1.82) is 0 Å². The molecule has 0 unspecified atom stereocenters. The molecule has 0 saturated heterocycles. The molecule has 234 valence electrons. The van der Waals surface area contributed by atoms with Crippen molar-refractivity contribution in [1.82, 2.24) is 20.2 Å². The first kappa shape index (κ1) is 33.3. The van der Waals surface area contributed by atoms with E-state index in [2.05, 4.69) is 26.1 Å². The smallest absolute Gasteiger partial charge is 0.337 e. The predicted octanol–water partition coefficient (Wildman–Crippen LogP) is 2.59. The third-order valence-electron chi connectivity index (χ3n) is 6.16. The summed E-state index contributed by atoms with van der Waals surface area (Å²) < 4.78 is 1.30. The highest BCUT2D eigenvalue weighted by Gasteiger charge is 2.18. The maximum Gasteiger partial charge on any atom is 0.337 e. The molecule has 0 spiro atoms. The molecule has 2 amide bonds. The Morgan fingerprint density at radius 3 is 2.27 bits per heavy atom. The Labute approximate surface area is 256 Å². The van der Waals surface area contributed by atoms with Crippen molar-refractivity contribution < 1.29 is 19.2 Å². The van der Waals surface area contributed by atoms with Crippen LogP contribution in [0, 0.1) is 5.92 Å². The SMILES string of the molecule is CC(C)NC(=O)c1cc(N)cc(-c2cnc(NC(C)C)c(=O)n2CC(=O)NCc2ccc(C(N)=NOC(=O)C(C)C)cc2)c1. The average Bonchev–Trinajstić information content (AvgIpc) is 2.96. The van der Waals surface area contributed by atoms with E-state index in [1.165, 1.54) is 10.8 Å². The molecule has 3 aromatic rings. The van der Waals surface area contributed by atoms with Crippen LogP contribution in [0.5, 0.6) is 0 Å². The van der Waals surface area contributed by atoms with Gasteiger partial charge in [0.2, 0.25) is 5.91 Å². The van der Waals surface area contributed by atoms with E-state index in [0.717, 1.165) is 5.56 Å². The van der Waals surface area contributed by atoms with Gasteiger partial charge in [0.1, 0.15) is 6.54 Å². The molecule has 0 saturated carbocycles. The second-order valence-electron chi connectivity index (χ2n) is 11.2. The van der Waals surface area contributed by atoms with Gasteiger partial charge in [0.05, 0.1) is 17.8 Å². The quantitative estimate of drug-likeness (QED) is 0.0678. The Morgan fingerprint density at radius 2 is 1.66 bits per heavy atom. The number of anilines is 2. The normalized spacial score (nSPS) is 11.5. The van der Waals surface area contributed by atoms with Crippen LogP contribution in [-0.2, 0) is 27.5 Å². The number of rotatable bonds is 12. The summed E-state index contributed by atoms with van der Waals surface area (Å²) in [5.74, 6) is -1.45. The van der Waals surface area contributed by atoms with Gasteiger partial charge in [0.25, 0.3) is 11.5 Å². The first-order chi connectivity index (χ1) is 20.7. The van der Waals surface area contributed by atoms with Gasteiger partial charge in [-0.3, -0.25) is 19.0 Å². The van der Waals surface area contributed by atoms with Crippen molar-refractivity contribution in [3.05, 3.63) is 75.7 Å². The average molecular weight is 605 g/mol. The Morgan fingerprint density at radius 1 is 0.977 bits per heavy atom. The summed E-state index contributed by atoms with van der Waals surface area (Å²) in [5.41, 5.74) is 14.2. The van der Waals surface area contributed by atoms with E-state index >= 15 is 0 Å². The number of carbonyl (C=O) groups excluding carboxylic acids is 3. The van der Waals surface area contributed by atoms with Crippen LogP contribution >= 0.6 is 0 Å². The number of benzene rings is 2. The lowest BCUT2D eigenvalue weighted by Gasteiger charge is -2.17. The monoisotopic (exact) mass is 604 g/mol. The Kier molecular flexibility index (Phi) is 11.2. The van der Waals surface area contributed by atoms with E-state index in [1.54, 1.807) is 56.3 Å². The first-order valence-corrected chi connectivity index (χ1v) is 14.2. The molecule has 0 fully saturated rings. The number of nitrogens with one attached hydrogen (secondary N) is 3. The van der Waals surface area contributed by atoms with Gasteiger partial charge >= 0.3 is 5.97 Å². The van der Waals surface area contributed by atoms with Gasteiger partial charge < -0.3 is 32.3 Å². The molecule has 0 aliphatic carbocycles. The van der Waals surface area contributed by atoms with E-state index in [4.69, 9.17) is 16.3 Å². The third-order valence-corrected chi connectivity index (χ3v) is 6.16. The summed E-state index contributed by atoms with van der Waals surface area (Å²) in [6.07, 6.45) is 1.47. The minimum absolute atomic E-state index is 0.0383. The number of oxime groups is 1. The minimum atomic E-state index is -0.501. The van der Waals surface area contributed by atoms with E-state index in [-0.39, 0.29) is 48.7 Å². The standard InChI is InChI=1S/C31H40N8O5/c1-17(2)31(43)44-38-27(33)21-9-7-20(8-10-21)14-34-26(40)16-39-25(15-35-28(30(39)42)36-18(3)4)22-11-23(13-24(32)12-22)29(41)37-19(5)6/h7-13,15,17-19H,14,16,32H2,1-6H3,(H2,33,38)(H,34,40)(H,35,36)(H,37,41). The number of carbonyl (C=O) groups is 3. The fourth-order valence-corrected chi connectivity index (χ4v) is 3.97. The zero-order valence-corrected chi connectivity index (χ0v) is 25.8. The molecule has 3 rings (SSSR count). The summed E-state index contributed by atoms with van der Waals surface area (Å²) in [4.78, 5) is 60.0. The summed E-state index contributed by atoms with van der Waals surface area (Å²) in [6, 6.07) is 11.5. The van der Waals surface area contributed by atoms with Gasteiger partial charge in [-0.05, 0) is 51.5 Å². The maximum atomic E-state index is 13.5. The van der Waals surface area contributed by atoms with E-state index in [0.29, 0.717) is 28.1 Å². The number of nitrogens with two attached hydrogens (primary N) is 2. The summed E-state index contributed by atoms with van der Waals surface area (Å²) in [7, 11) is 0. The highest BCUT2D eigenvalue weighted by molar-refractivity contribution is 5.97. The predicted molar refractivity (Wildman–Crippen MR) is 170 cm³/mol. The zero-order valence-electron chi connectivity index (χ0n) is 25.8. The molecule has 7 N–H and O–H groups in total. The lowest BCUT2D eigenvalue weighted by atomic mass is 10.1. The van der Waals surface area contributed by atoms with E-state index in [1.807, 2.05) is 27.7 Å². The van der Waals surface area contributed by atoms with Gasteiger partial charge in [-0.15, -0.1) is 0 Å². The topological polar surface area (TPSA) is 196 Å². The van der Waals surface area contributed by atoms with Gasteiger partial charge in [-0.1, -0.05) is 43.3 Å². The van der Waals surface area contributed by atoms with Crippen LogP contribution in [0.25, 0.3) is 11.3 Å². The maximum absolute atomic E-state index is 13.5. The molecule has 13 nitrogen and oxygen atoms in total. The van der Waals surface area contributed by atoms with Crippen LogP contribution in [0.1, 0.15) is 63.0 Å². The van der Waals surface area contributed by atoms with Crippen molar-refractivity contribution in [2.24, 2.45) is 16.8 Å². The van der Waals surface area contributed by atoms with Gasteiger partial charge in [0, 0.05) is 41.0 Å². The number of nitrogens with zero attached hydrogens (tertiary/aromatic N) is 3. The highest BCUT2D eigenvalue weighted by atomic mass is 16.7. The molecule has 0 aliphatic heterocycles. The number of amidine groups is 1. The van der Waals surface area contributed by atoms with Crippen molar-refractivity contribution in [2.75, 3.05) is 11.1 Å². The van der Waals surface area contributed by atoms with Gasteiger partial charge in [-0.2, -0.15) is 0 Å². The number of hydrogen-bond acceptors (Lipinski definition) is 9. The van der Waals surface area contributed by atoms with Crippen molar-refractivity contribution in [2.45, 2.75) is 66.7 Å². The Balaban J connectivity index is 1.83. The molecule has 0 atom stereocenters. The van der Waals surface area contributed by atoms with Gasteiger partial charge in [0.15, 0.2) is 11.7 Å². The van der Waals surface area contributed by atoms with Crippen LogP contribution in [0.15, 0.2) is 58.6 Å². The first-order valence-electron chi connectivity index (χ1n) is 14.2. The molecule has 1 heterocycles. The molecule has 0 aliphatic rings. The zero-order chi connectivity index (χ0) is 32.6. The van der Waals surface area contributed by atoms with Gasteiger partial charge in [-0.25, -0.2) is 9.78 Å². The molecule has 0 bridgehead atoms. The lowest BCUT2D eigenvalue weighted by molar-refractivity contribution is -0.147. The largest absolute Gasteiger partial charge is 0.399 e. The molecule has 44 heavy (non-hydrogen) atoms. The second kappa shape index (κ2) is 14.8. The summed E-state index contributed by atoms with van der Waals surface area (Å²) in [6.45, 7) is 10.7. The summed E-state index contributed by atoms with van der Waals surface area (Å²) >= 11 is 0.